The molecule has 3 aromatic heterocycles. The van der Waals surface area contributed by atoms with Crippen LogP contribution in [0, 0.1) is 6.92 Å². The molecule has 2 aromatic carbocycles. The smallest absolute Gasteiger partial charge is 0.203 e. The summed E-state index contributed by atoms with van der Waals surface area (Å²) in [4.78, 5) is 9.29. The lowest BCUT2D eigenvalue weighted by atomic mass is 10.1. The molecule has 0 aliphatic rings. The van der Waals surface area contributed by atoms with Gasteiger partial charge >= 0.3 is 0 Å². The Morgan fingerprint density at radius 2 is 1.65 bits per heavy atom. The number of nitrogens with zero attached hydrogens (tertiary/aromatic N) is 5. The maximum absolute atomic E-state index is 5.47. The Balaban J connectivity index is 1.50. The first kappa shape index (κ1) is 21.3. The van der Waals surface area contributed by atoms with E-state index in [9.17, 15) is 0 Å². The van der Waals surface area contributed by atoms with Crippen LogP contribution in [0.25, 0.3) is 22.6 Å². The second-order valence-corrected chi connectivity index (χ2v) is 7.66. The Kier molecular flexibility index (Phi) is 5.51. The van der Waals surface area contributed by atoms with Crippen molar-refractivity contribution in [2.45, 2.75) is 6.92 Å². The van der Waals surface area contributed by atoms with Gasteiger partial charge in [-0.25, -0.2) is 14.5 Å². The lowest BCUT2D eigenvalue weighted by Gasteiger charge is -2.14. The molecule has 0 saturated carbocycles. The van der Waals surface area contributed by atoms with E-state index in [0.717, 1.165) is 16.8 Å². The molecule has 0 fully saturated rings. The van der Waals surface area contributed by atoms with Crippen LogP contribution < -0.4 is 19.5 Å². The molecule has 1 N–H and O–H groups in total. The van der Waals surface area contributed by atoms with Crippen molar-refractivity contribution in [3.8, 4) is 34.3 Å². The number of fused-ring (bicyclic) bond motifs is 1. The van der Waals surface area contributed by atoms with Gasteiger partial charge in [0.2, 0.25) is 5.75 Å². The summed E-state index contributed by atoms with van der Waals surface area (Å²) in [5.74, 6) is 3.57. The van der Waals surface area contributed by atoms with E-state index in [2.05, 4.69) is 22.3 Å². The number of methoxy groups -OCH3 is 3. The molecule has 0 unspecified atom stereocenters. The molecule has 3 heterocycles. The van der Waals surface area contributed by atoms with Crippen molar-refractivity contribution < 1.29 is 14.2 Å². The Labute approximate surface area is 196 Å². The number of hydrogen-bond acceptors (Lipinski definition) is 7. The Morgan fingerprint density at radius 1 is 0.912 bits per heavy atom. The molecule has 0 bridgehead atoms. The average molecular weight is 457 g/mol. The maximum Gasteiger partial charge on any atom is 0.203 e. The van der Waals surface area contributed by atoms with Crippen LogP contribution in [0.3, 0.4) is 0 Å². The number of ether oxygens (including phenoxy) is 3. The van der Waals surface area contributed by atoms with Crippen LogP contribution in [0.5, 0.6) is 17.2 Å². The SMILES string of the molecule is COc1cc(-n2cnc(Nc3nc(-c4ccc(C)cc4)nn4cccc34)c2)cc(OC)c1OC. The number of benzene rings is 2. The largest absolute Gasteiger partial charge is 0.493 e. The standard InChI is InChI=1S/C25H24N6O3/c1-16-7-9-17(10-8-16)24-28-25(19-6-5-11-31(19)29-24)27-22-14-30(15-26-22)18-12-20(32-2)23(34-4)21(13-18)33-3/h5-15H,1-4H3,(H,27,28,29). The van der Waals surface area contributed by atoms with Crippen molar-refractivity contribution in [1.82, 2.24) is 24.1 Å². The molecule has 0 spiro atoms. The van der Waals surface area contributed by atoms with E-state index in [0.29, 0.717) is 34.7 Å². The molecule has 5 aromatic rings. The van der Waals surface area contributed by atoms with Crippen LogP contribution in [0.15, 0.2) is 67.3 Å². The van der Waals surface area contributed by atoms with E-state index in [1.54, 1.807) is 32.2 Å². The van der Waals surface area contributed by atoms with Gasteiger partial charge in [0, 0.05) is 23.9 Å². The fourth-order valence-electron chi connectivity index (χ4n) is 3.72. The first-order chi connectivity index (χ1) is 16.6. The Bertz CT molecular complexity index is 1430. The van der Waals surface area contributed by atoms with Gasteiger partial charge in [0.05, 0.1) is 33.2 Å². The summed E-state index contributed by atoms with van der Waals surface area (Å²) in [6.07, 6.45) is 5.47. The van der Waals surface area contributed by atoms with Gasteiger partial charge in [0.25, 0.3) is 0 Å². The topological polar surface area (TPSA) is 87.7 Å². The summed E-state index contributed by atoms with van der Waals surface area (Å²) in [7, 11) is 4.76. The molecule has 0 aliphatic carbocycles. The molecule has 34 heavy (non-hydrogen) atoms. The van der Waals surface area contributed by atoms with Crippen molar-refractivity contribution >= 4 is 17.2 Å². The van der Waals surface area contributed by atoms with E-state index >= 15 is 0 Å². The molecule has 0 amide bonds. The first-order valence-corrected chi connectivity index (χ1v) is 10.6. The Hall–Kier alpha value is -4.53. The van der Waals surface area contributed by atoms with Crippen molar-refractivity contribution in [3.63, 3.8) is 0 Å². The summed E-state index contributed by atoms with van der Waals surface area (Å²) in [6, 6.07) is 15.7. The zero-order valence-electron chi connectivity index (χ0n) is 19.3. The van der Waals surface area contributed by atoms with Crippen LogP contribution in [-0.4, -0.2) is 45.5 Å². The van der Waals surface area contributed by atoms with Gasteiger partial charge in [0.15, 0.2) is 23.1 Å². The van der Waals surface area contributed by atoms with Crippen LogP contribution >= 0.6 is 0 Å². The monoisotopic (exact) mass is 456 g/mol. The lowest BCUT2D eigenvalue weighted by Crippen LogP contribution is -2.03. The van der Waals surface area contributed by atoms with Gasteiger partial charge in [-0.2, -0.15) is 0 Å². The van der Waals surface area contributed by atoms with E-state index in [1.807, 2.05) is 65.5 Å². The van der Waals surface area contributed by atoms with E-state index < -0.39 is 0 Å². The number of aryl methyl sites for hydroxylation is 1. The normalized spacial score (nSPS) is 10.9. The van der Waals surface area contributed by atoms with Crippen molar-refractivity contribution in [2.75, 3.05) is 26.6 Å². The molecule has 9 heteroatoms. The number of imidazole rings is 1. The number of anilines is 2. The van der Waals surface area contributed by atoms with Gasteiger partial charge in [-0.1, -0.05) is 29.8 Å². The highest BCUT2D eigenvalue weighted by Gasteiger charge is 2.15. The van der Waals surface area contributed by atoms with Crippen LogP contribution in [0.1, 0.15) is 5.56 Å². The molecular weight excluding hydrogens is 432 g/mol. The molecule has 0 saturated heterocycles. The van der Waals surface area contributed by atoms with E-state index in [-0.39, 0.29) is 0 Å². The van der Waals surface area contributed by atoms with Gasteiger partial charge in [-0.05, 0) is 19.1 Å². The summed E-state index contributed by atoms with van der Waals surface area (Å²) in [5.41, 5.74) is 3.78. The zero-order valence-corrected chi connectivity index (χ0v) is 19.3. The second kappa shape index (κ2) is 8.78. The first-order valence-electron chi connectivity index (χ1n) is 10.6. The predicted molar refractivity (Wildman–Crippen MR) is 130 cm³/mol. The number of hydrogen-bond donors (Lipinski definition) is 1. The third-order valence-corrected chi connectivity index (χ3v) is 5.48. The average Bonchev–Trinajstić information content (AvgIpc) is 3.53. The van der Waals surface area contributed by atoms with Gasteiger partial charge in [-0.3, -0.25) is 0 Å². The zero-order chi connectivity index (χ0) is 23.7. The highest BCUT2D eigenvalue weighted by molar-refractivity contribution is 5.74. The van der Waals surface area contributed by atoms with Crippen molar-refractivity contribution in [2.24, 2.45) is 0 Å². The van der Waals surface area contributed by atoms with E-state index in [4.69, 9.17) is 19.2 Å². The molecular formula is C25H24N6O3. The third-order valence-electron chi connectivity index (χ3n) is 5.48. The molecule has 9 nitrogen and oxygen atoms in total. The maximum atomic E-state index is 5.47. The fraction of sp³-hybridized carbons (Fsp3) is 0.160. The minimum absolute atomic E-state index is 0.535. The predicted octanol–water partition coefficient (Wildman–Crippen LogP) is 4.66. The van der Waals surface area contributed by atoms with E-state index in [1.165, 1.54) is 5.56 Å². The molecule has 0 atom stereocenters. The van der Waals surface area contributed by atoms with Crippen LogP contribution in [-0.2, 0) is 0 Å². The Morgan fingerprint density at radius 3 is 2.32 bits per heavy atom. The number of nitrogens with one attached hydrogen (secondary N) is 1. The highest BCUT2D eigenvalue weighted by Crippen LogP contribution is 2.39. The summed E-state index contributed by atoms with van der Waals surface area (Å²) < 4.78 is 20.0. The number of aromatic nitrogens is 5. The van der Waals surface area contributed by atoms with Crippen molar-refractivity contribution in [3.05, 3.63) is 72.8 Å². The molecule has 5 rings (SSSR count). The summed E-state index contributed by atoms with van der Waals surface area (Å²) in [6.45, 7) is 2.05. The molecule has 0 aliphatic heterocycles. The number of rotatable bonds is 7. The highest BCUT2D eigenvalue weighted by atomic mass is 16.5. The summed E-state index contributed by atoms with van der Waals surface area (Å²) >= 11 is 0. The van der Waals surface area contributed by atoms with Crippen LogP contribution in [0.2, 0.25) is 0 Å². The minimum atomic E-state index is 0.535. The van der Waals surface area contributed by atoms with Gasteiger partial charge in [-0.15, -0.1) is 5.10 Å². The third kappa shape index (κ3) is 3.88. The molecule has 172 valence electrons. The second-order valence-electron chi connectivity index (χ2n) is 7.66. The minimum Gasteiger partial charge on any atom is -0.493 e. The lowest BCUT2D eigenvalue weighted by molar-refractivity contribution is 0.324. The van der Waals surface area contributed by atoms with Gasteiger partial charge in [0.1, 0.15) is 17.7 Å². The quantitative estimate of drug-likeness (QED) is 0.381. The molecule has 0 radical (unpaired) electrons. The van der Waals surface area contributed by atoms with Crippen LogP contribution in [0.4, 0.5) is 11.6 Å². The fourth-order valence-corrected chi connectivity index (χ4v) is 3.72. The van der Waals surface area contributed by atoms with Gasteiger partial charge < -0.3 is 24.1 Å². The van der Waals surface area contributed by atoms with Crippen molar-refractivity contribution in [1.29, 1.82) is 0 Å². The summed E-state index contributed by atoms with van der Waals surface area (Å²) in [5, 5.41) is 7.98.